The van der Waals surface area contributed by atoms with Crippen LogP contribution in [0.15, 0.2) is 58.7 Å². The van der Waals surface area contributed by atoms with Crippen LogP contribution >= 0.6 is 23.5 Å². The Morgan fingerprint density at radius 2 is 1.96 bits per heavy atom. The van der Waals surface area contributed by atoms with Crippen molar-refractivity contribution in [1.29, 1.82) is 0 Å². The topological polar surface area (TPSA) is 54.0 Å². The Hall–Kier alpha value is -1.83. The van der Waals surface area contributed by atoms with Gasteiger partial charge in [-0.15, -0.1) is 5.10 Å². The second kappa shape index (κ2) is 10.5. The first kappa shape index (κ1) is 19.9. The Balaban J connectivity index is 1.52. The van der Waals surface area contributed by atoms with Gasteiger partial charge in [-0.25, -0.2) is 4.39 Å². The van der Waals surface area contributed by atoms with Gasteiger partial charge in [0.2, 0.25) is 0 Å². The molecule has 0 unspecified atom stereocenters. The Morgan fingerprint density at radius 3 is 2.70 bits per heavy atom. The molecule has 0 aliphatic carbocycles. The highest BCUT2D eigenvalue weighted by Gasteiger charge is 2.13. The summed E-state index contributed by atoms with van der Waals surface area (Å²) in [6.07, 6.45) is 1.53. The molecule has 7 heteroatoms. The fourth-order valence-corrected chi connectivity index (χ4v) is 4.28. The quantitative estimate of drug-likeness (QED) is 0.451. The van der Waals surface area contributed by atoms with E-state index in [0.717, 1.165) is 35.9 Å². The minimum Gasteiger partial charge on any atom is -0.377 e. The lowest BCUT2D eigenvalue weighted by Gasteiger charge is -2.26. The molecule has 0 aromatic heterocycles. The Bertz CT molecular complexity index is 790. The first-order chi connectivity index (χ1) is 13.2. The SMILES string of the molecule is NC(=NN=Cc1ccc(CN2CCSCC2)c(F)c1)SCc1ccccc1. The highest BCUT2D eigenvalue weighted by molar-refractivity contribution is 8.13. The summed E-state index contributed by atoms with van der Waals surface area (Å²) >= 11 is 3.37. The maximum absolute atomic E-state index is 14.3. The van der Waals surface area contributed by atoms with Crippen LogP contribution in [0.2, 0.25) is 0 Å². The molecule has 3 rings (SSSR count). The van der Waals surface area contributed by atoms with E-state index in [1.807, 2.05) is 54.2 Å². The largest absolute Gasteiger partial charge is 0.377 e. The van der Waals surface area contributed by atoms with Crippen molar-refractivity contribution < 1.29 is 4.39 Å². The van der Waals surface area contributed by atoms with Gasteiger partial charge < -0.3 is 5.73 Å². The molecular weight excluding hydrogens is 379 g/mol. The number of nitrogens with two attached hydrogens (primary N) is 1. The minimum atomic E-state index is -0.201. The number of benzene rings is 2. The molecule has 1 aliphatic rings. The van der Waals surface area contributed by atoms with Crippen molar-refractivity contribution in [3.8, 4) is 0 Å². The monoisotopic (exact) mass is 402 g/mol. The zero-order valence-corrected chi connectivity index (χ0v) is 16.7. The molecule has 142 valence electrons. The third kappa shape index (κ3) is 6.68. The molecule has 2 N–H and O–H groups in total. The van der Waals surface area contributed by atoms with Crippen LogP contribution in [-0.4, -0.2) is 40.9 Å². The van der Waals surface area contributed by atoms with Gasteiger partial charge in [0.25, 0.3) is 0 Å². The van der Waals surface area contributed by atoms with Gasteiger partial charge in [-0.2, -0.15) is 16.9 Å². The Kier molecular flexibility index (Phi) is 7.74. The molecule has 1 saturated heterocycles. The van der Waals surface area contributed by atoms with Crippen LogP contribution in [0.4, 0.5) is 4.39 Å². The second-order valence-corrected chi connectivity index (χ2v) is 8.42. The van der Waals surface area contributed by atoms with Gasteiger partial charge in [-0.1, -0.05) is 54.2 Å². The smallest absolute Gasteiger partial charge is 0.180 e. The summed E-state index contributed by atoms with van der Waals surface area (Å²) in [5, 5.41) is 8.34. The number of amidine groups is 1. The fraction of sp³-hybridized carbons (Fsp3) is 0.300. The van der Waals surface area contributed by atoms with Crippen LogP contribution < -0.4 is 5.73 Å². The molecule has 27 heavy (non-hydrogen) atoms. The highest BCUT2D eigenvalue weighted by Crippen LogP contribution is 2.16. The van der Waals surface area contributed by atoms with Crippen LogP contribution in [0.25, 0.3) is 0 Å². The normalized spacial score (nSPS) is 16.1. The molecular formula is C20H23FN4S2. The molecule has 0 radical (unpaired) electrons. The number of rotatable bonds is 6. The van der Waals surface area contributed by atoms with Gasteiger partial charge in [-0.05, 0) is 17.2 Å². The first-order valence-electron chi connectivity index (χ1n) is 8.82. The summed E-state index contributed by atoms with van der Waals surface area (Å²) in [7, 11) is 0. The molecule has 0 amide bonds. The number of hydrogen-bond acceptors (Lipinski definition) is 5. The van der Waals surface area contributed by atoms with Gasteiger partial charge in [0.15, 0.2) is 5.17 Å². The van der Waals surface area contributed by atoms with Crippen LogP contribution in [0.5, 0.6) is 0 Å². The minimum absolute atomic E-state index is 0.201. The van der Waals surface area contributed by atoms with Crippen molar-refractivity contribution in [3.05, 3.63) is 71.0 Å². The van der Waals surface area contributed by atoms with Crippen LogP contribution in [0.3, 0.4) is 0 Å². The molecule has 4 nitrogen and oxygen atoms in total. The van der Waals surface area contributed by atoms with Crippen LogP contribution in [-0.2, 0) is 12.3 Å². The van der Waals surface area contributed by atoms with Crippen molar-refractivity contribution in [2.75, 3.05) is 24.6 Å². The fourth-order valence-electron chi connectivity index (χ4n) is 2.69. The van der Waals surface area contributed by atoms with Gasteiger partial charge in [0, 0.05) is 42.5 Å². The van der Waals surface area contributed by atoms with E-state index in [0.29, 0.717) is 17.3 Å². The summed E-state index contributed by atoms with van der Waals surface area (Å²) < 4.78 is 14.3. The second-order valence-electron chi connectivity index (χ2n) is 6.20. The lowest BCUT2D eigenvalue weighted by molar-refractivity contribution is 0.290. The van der Waals surface area contributed by atoms with Crippen molar-refractivity contribution in [2.24, 2.45) is 15.9 Å². The molecule has 2 aromatic rings. The van der Waals surface area contributed by atoms with E-state index in [-0.39, 0.29) is 5.82 Å². The predicted octanol–water partition coefficient (Wildman–Crippen LogP) is 3.96. The predicted molar refractivity (Wildman–Crippen MR) is 116 cm³/mol. The van der Waals surface area contributed by atoms with E-state index < -0.39 is 0 Å². The summed E-state index contributed by atoms with van der Waals surface area (Å²) in [6, 6.07) is 15.2. The van der Waals surface area contributed by atoms with E-state index in [2.05, 4.69) is 15.1 Å². The van der Waals surface area contributed by atoms with Crippen molar-refractivity contribution in [2.45, 2.75) is 12.3 Å². The van der Waals surface area contributed by atoms with Crippen LogP contribution in [0.1, 0.15) is 16.7 Å². The average molecular weight is 403 g/mol. The van der Waals surface area contributed by atoms with Gasteiger partial charge in [-0.3, -0.25) is 4.90 Å². The number of halogens is 1. The third-order valence-corrected chi connectivity index (χ3v) is 5.97. The third-order valence-electron chi connectivity index (χ3n) is 4.17. The lowest BCUT2D eigenvalue weighted by atomic mass is 10.1. The lowest BCUT2D eigenvalue weighted by Crippen LogP contribution is -2.32. The van der Waals surface area contributed by atoms with Crippen LogP contribution in [0, 0.1) is 5.82 Å². The summed E-state index contributed by atoms with van der Waals surface area (Å²) in [5.41, 5.74) is 8.44. The molecule has 1 heterocycles. The Morgan fingerprint density at radius 1 is 1.19 bits per heavy atom. The highest BCUT2D eigenvalue weighted by atomic mass is 32.2. The maximum atomic E-state index is 14.3. The zero-order valence-electron chi connectivity index (χ0n) is 15.1. The molecule has 1 aliphatic heterocycles. The van der Waals surface area contributed by atoms with E-state index in [1.54, 1.807) is 0 Å². The van der Waals surface area contributed by atoms with Gasteiger partial charge in [0.05, 0.1) is 6.21 Å². The van der Waals surface area contributed by atoms with E-state index >= 15 is 0 Å². The molecule has 0 bridgehead atoms. The number of hydrogen-bond donors (Lipinski definition) is 1. The molecule has 1 fully saturated rings. The standard InChI is InChI=1S/C20H23FN4S2/c21-19-12-17(6-7-18(19)14-25-8-10-26-11-9-25)13-23-24-20(22)27-15-16-4-2-1-3-5-16/h1-7,12-13H,8-11,14-15H2,(H2,22,24). The first-order valence-corrected chi connectivity index (χ1v) is 11.0. The van der Waals surface area contributed by atoms with Gasteiger partial charge >= 0.3 is 0 Å². The van der Waals surface area contributed by atoms with Crippen molar-refractivity contribution in [3.63, 3.8) is 0 Å². The average Bonchev–Trinajstić information content (AvgIpc) is 2.70. The zero-order chi connectivity index (χ0) is 18.9. The maximum Gasteiger partial charge on any atom is 0.180 e. The summed E-state index contributed by atoms with van der Waals surface area (Å²) in [4.78, 5) is 2.29. The summed E-state index contributed by atoms with van der Waals surface area (Å²) in [6.45, 7) is 2.69. The molecule has 0 spiro atoms. The number of nitrogens with zero attached hydrogens (tertiary/aromatic N) is 3. The molecule has 2 aromatic carbocycles. The Labute approximate surface area is 168 Å². The number of thioether (sulfide) groups is 2. The molecule has 0 saturated carbocycles. The van der Waals surface area contributed by atoms with Crippen molar-refractivity contribution in [1.82, 2.24) is 4.90 Å². The van der Waals surface area contributed by atoms with Gasteiger partial charge in [0.1, 0.15) is 5.82 Å². The van der Waals surface area contributed by atoms with E-state index in [4.69, 9.17) is 5.73 Å². The van der Waals surface area contributed by atoms with E-state index in [9.17, 15) is 4.39 Å². The van der Waals surface area contributed by atoms with Crippen molar-refractivity contribution >= 4 is 34.9 Å². The summed E-state index contributed by atoms with van der Waals surface area (Å²) in [5.74, 6) is 2.78. The molecule has 0 atom stereocenters. The van der Waals surface area contributed by atoms with E-state index in [1.165, 1.54) is 29.6 Å².